The van der Waals surface area contributed by atoms with Crippen molar-refractivity contribution in [3.05, 3.63) is 65.0 Å². The number of methoxy groups -OCH3 is 1. The van der Waals surface area contributed by atoms with Gasteiger partial charge < -0.3 is 9.84 Å². The van der Waals surface area contributed by atoms with Crippen LogP contribution in [0.25, 0.3) is 0 Å². The number of hydrogen-bond donors (Lipinski definition) is 1. The fourth-order valence-electron chi connectivity index (χ4n) is 2.52. The van der Waals surface area contributed by atoms with Crippen LogP contribution in [0.2, 0.25) is 0 Å². The van der Waals surface area contributed by atoms with E-state index in [1.54, 1.807) is 19.2 Å². The Morgan fingerprint density at radius 3 is 2.50 bits per heavy atom. The Morgan fingerprint density at radius 2 is 1.95 bits per heavy atom. The van der Waals surface area contributed by atoms with Crippen LogP contribution in [-0.4, -0.2) is 12.2 Å². The summed E-state index contributed by atoms with van der Waals surface area (Å²) < 4.78 is 18.6. The number of benzene rings is 2. The van der Waals surface area contributed by atoms with Gasteiger partial charge in [0, 0.05) is 0 Å². The van der Waals surface area contributed by atoms with Crippen molar-refractivity contribution in [2.24, 2.45) is 0 Å². The third-order valence-electron chi connectivity index (χ3n) is 3.69. The highest BCUT2D eigenvalue weighted by Gasteiger charge is 2.31. The van der Waals surface area contributed by atoms with Gasteiger partial charge in [-0.05, 0) is 54.3 Å². The fraction of sp³-hybridized carbons (Fsp3) is 0.294. The van der Waals surface area contributed by atoms with E-state index in [0.29, 0.717) is 12.0 Å². The van der Waals surface area contributed by atoms with Crippen molar-refractivity contribution >= 4 is 0 Å². The molecule has 106 valence electrons. The minimum absolute atomic E-state index is 0.347. The summed E-state index contributed by atoms with van der Waals surface area (Å²) in [5.74, 6) is 0.393. The number of hydrogen-bond acceptors (Lipinski definition) is 2. The van der Waals surface area contributed by atoms with Crippen LogP contribution in [0.5, 0.6) is 5.75 Å². The third kappa shape index (κ3) is 2.54. The molecule has 1 unspecified atom stereocenters. The molecule has 0 saturated heterocycles. The lowest BCUT2D eigenvalue weighted by Gasteiger charge is -2.30. The van der Waals surface area contributed by atoms with Gasteiger partial charge in [0.1, 0.15) is 17.2 Å². The minimum Gasteiger partial charge on any atom is -0.497 e. The normalized spacial score (nSPS) is 13.8. The second kappa shape index (κ2) is 5.63. The van der Waals surface area contributed by atoms with E-state index in [4.69, 9.17) is 4.74 Å². The maximum absolute atomic E-state index is 13.4. The Kier molecular flexibility index (Phi) is 4.09. The average Bonchev–Trinajstić information content (AvgIpc) is 2.46. The number of aryl methyl sites for hydroxylation is 1. The summed E-state index contributed by atoms with van der Waals surface area (Å²) >= 11 is 0. The molecule has 0 heterocycles. The molecule has 0 aliphatic heterocycles. The van der Waals surface area contributed by atoms with E-state index in [1.165, 1.54) is 12.1 Å². The van der Waals surface area contributed by atoms with E-state index >= 15 is 0 Å². The van der Waals surface area contributed by atoms with Crippen LogP contribution in [0.3, 0.4) is 0 Å². The summed E-state index contributed by atoms with van der Waals surface area (Å²) in [7, 11) is 1.60. The Hall–Kier alpha value is -1.87. The molecule has 0 aromatic heterocycles. The zero-order chi connectivity index (χ0) is 14.8. The van der Waals surface area contributed by atoms with Crippen molar-refractivity contribution < 1.29 is 14.2 Å². The molecule has 1 atom stereocenters. The van der Waals surface area contributed by atoms with Gasteiger partial charge in [-0.25, -0.2) is 4.39 Å². The molecular weight excluding hydrogens is 255 g/mol. The van der Waals surface area contributed by atoms with Crippen molar-refractivity contribution in [1.29, 1.82) is 0 Å². The van der Waals surface area contributed by atoms with Crippen LogP contribution < -0.4 is 4.74 Å². The quantitative estimate of drug-likeness (QED) is 0.919. The van der Waals surface area contributed by atoms with Gasteiger partial charge in [-0.15, -0.1) is 0 Å². The molecule has 0 radical (unpaired) electrons. The molecule has 20 heavy (non-hydrogen) atoms. The van der Waals surface area contributed by atoms with E-state index in [2.05, 4.69) is 0 Å². The summed E-state index contributed by atoms with van der Waals surface area (Å²) in [6, 6.07) is 11.6. The first-order chi connectivity index (χ1) is 9.51. The van der Waals surface area contributed by atoms with Crippen molar-refractivity contribution in [3.63, 3.8) is 0 Å². The van der Waals surface area contributed by atoms with Crippen molar-refractivity contribution in [1.82, 2.24) is 0 Å². The van der Waals surface area contributed by atoms with E-state index in [0.717, 1.165) is 16.9 Å². The standard InChI is InChI=1S/C17H19FO2/c1-4-17(19,13-6-5-7-14(18)11-13)16-9-8-15(20-3)10-12(16)2/h5-11,19H,4H2,1-3H3. The Labute approximate surface area is 118 Å². The minimum atomic E-state index is -1.20. The van der Waals surface area contributed by atoms with Crippen LogP contribution in [0, 0.1) is 12.7 Å². The molecule has 1 N–H and O–H groups in total. The van der Waals surface area contributed by atoms with Crippen molar-refractivity contribution in [3.8, 4) is 5.75 Å². The smallest absolute Gasteiger partial charge is 0.123 e. The lowest BCUT2D eigenvalue weighted by molar-refractivity contribution is 0.0755. The van der Waals surface area contributed by atoms with Gasteiger partial charge in [0.05, 0.1) is 7.11 Å². The third-order valence-corrected chi connectivity index (χ3v) is 3.69. The van der Waals surface area contributed by atoms with Gasteiger partial charge in [-0.1, -0.05) is 25.1 Å². The van der Waals surface area contributed by atoms with Gasteiger partial charge in [0.25, 0.3) is 0 Å². The Bertz CT molecular complexity index is 610. The predicted molar refractivity (Wildman–Crippen MR) is 77.4 cm³/mol. The maximum atomic E-state index is 13.4. The van der Waals surface area contributed by atoms with E-state index < -0.39 is 5.60 Å². The number of rotatable bonds is 4. The zero-order valence-electron chi connectivity index (χ0n) is 12.0. The summed E-state index contributed by atoms with van der Waals surface area (Å²) in [6.07, 6.45) is 0.462. The Morgan fingerprint density at radius 1 is 1.20 bits per heavy atom. The molecule has 2 aromatic rings. The molecule has 3 heteroatoms. The topological polar surface area (TPSA) is 29.5 Å². The molecule has 0 saturated carbocycles. The summed E-state index contributed by atoms with van der Waals surface area (Å²) in [5.41, 5.74) is 1.05. The van der Waals surface area contributed by atoms with Gasteiger partial charge >= 0.3 is 0 Å². The van der Waals surface area contributed by atoms with E-state index in [9.17, 15) is 9.50 Å². The zero-order valence-corrected chi connectivity index (χ0v) is 12.0. The second-order valence-corrected chi connectivity index (χ2v) is 4.91. The van der Waals surface area contributed by atoms with Crippen molar-refractivity contribution in [2.75, 3.05) is 7.11 Å². The second-order valence-electron chi connectivity index (χ2n) is 4.91. The lowest BCUT2D eigenvalue weighted by atomic mass is 9.82. The van der Waals surface area contributed by atoms with E-state index in [-0.39, 0.29) is 5.82 Å². The summed E-state index contributed by atoms with van der Waals surface area (Å²) in [5, 5.41) is 11.0. The first kappa shape index (κ1) is 14.5. The predicted octanol–water partition coefficient (Wildman–Crippen LogP) is 3.79. The highest BCUT2D eigenvalue weighted by molar-refractivity contribution is 5.44. The molecule has 2 rings (SSSR count). The lowest BCUT2D eigenvalue weighted by Crippen LogP contribution is -2.27. The van der Waals surface area contributed by atoms with E-state index in [1.807, 2.05) is 32.0 Å². The monoisotopic (exact) mass is 274 g/mol. The van der Waals surface area contributed by atoms with Crippen LogP contribution in [0.1, 0.15) is 30.0 Å². The SMILES string of the molecule is CCC(O)(c1cccc(F)c1)c1ccc(OC)cc1C. The molecule has 0 bridgehead atoms. The highest BCUT2D eigenvalue weighted by Crippen LogP contribution is 2.36. The maximum Gasteiger partial charge on any atom is 0.123 e. The van der Waals surface area contributed by atoms with Gasteiger partial charge in [-0.3, -0.25) is 0 Å². The van der Waals surface area contributed by atoms with Gasteiger partial charge in [0.2, 0.25) is 0 Å². The average molecular weight is 274 g/mol. The molecular formula is C17H19FO2. The summed E-state index contributed by atoms with van der Waals surface area (Å²) in [4.78, 5) is 0. The Balaban J connectivity index is 2.56. The molecule has 0 fully saturated rings. The molecule has 0 amide bonds. The van der Waals surface area contributed by atoms with Crippen molar-refractivity contribution in [2.45, 2.75) is 25.9 Å². The van der Waals surface area contributed by atoms with Crippen LogP contribution >= 0.6 is 0 Å². The van der Waals surface area contributed by atoms with Crippen LogP contribution in [0.15, 0.2) is 42.5 Å². The number of ether oxygens (including phenoxy) is 1. The largest absolute Gasteiger partial charge is 0.497 e. The van der Waals surface area contributed by atoms with Gasteiger partial charge in [0.15, 0.2) is 0 Å². The molecule has 0 aliphatic carbocycles. The van der Waals surface area contributed by atoms with Gasteiger partial charge in [-0.2, -0.15) is 0 Å². The highest BCUT2D eigenvalue weighted by atomic mass is 19.1. The molecule has 0 aliphatic rings. The molecule has 2 nitrogen and oxygen atoms in total. The summed E-state index contributed by atoms with van der Waals surface area (Å²) in [6.45, 7) is 3.80. The molecule has 2 aromatic carbocycles. The van der Waals surface area contributed by atoms with Crippen LogP contribution in [0.4, 0.5) is 4.39 Å². The first-order valence-corrected chi connectivity index (χ1v) is 6.65. The van der Waals surface area contributed by atoms with Crippen LogP contribution in [-0.2, 0) is 5.60 Å². The number of halogens is 1. The number of aliphatic hydroxyl groups is 1. The first-order valence-electron chi connectivity index (χ1n) is 6.65. The fourth-order valence-corrected chi connectivity index (χ4v) is 2.52. The molecule has 0 spiro atoms.